The van der Waals surface area contributed by atoms with Crippen LogP contribution in [0.1, 0.15) is 13.8 Å². The summed E-state index contributed by atoms with van der Waals surface area (Å²) >= 11 is 0. The van der Waals surface area contributed by atoms with Crippen LogP contribution >= 0.6 is 0 Å². The normalized spacial score (nSPS) is 12.9. The van der Waals surface area contributed by atoms with Gasteiger partial charge in [-0.15, -0.1) is 0 Å². The third-order valence-electron chi connectivity index (χ3n) is 2.16. The van der Waals surface area contributed by atoms with Gasteiger partial charge >= 0.3 is 11.9 Å². The van der Waals surface area contributed by atoms with Crippen molar-refractivity contribution in [2.45, 2.75) is 13.8 Å². The first kappa shape index (κ1) is 12.9. The van der Waals surface area contributed by atoms with Gasteiger partial charge in [0, 0.05) is 19.2 Å². The van der Waals surface area contributed by atoms with Crippen molar-refractivity contribution >= 4 is 17.6 Å². The molecule has 0 amide bonds. The van der Waals surface area contributed by atoms with Crippen LogP contribution in [0.25, 0.3) is 0 Å². The van der Waals surface area contributed by atoms with E-state index in [9.17, 15) is 9.59 Å². The van der Waals surface area contributed by atoms with Gasteiger partial charge in [-0.05, 0) is 6.92 Å². The molecule has 7 nitrogen and oxygen atoms in total. The van der Waals surface area contributed by atoms with Crippen LogP contribution in [0, 0.1) is 0 Å². The SMILES string of the molecule is CCOC(=O)C1=CN(OC(C)=O)c2cnccc2O1. The number of anilines is 1. The lowest BCUT2D eigenvalue weighted by molar-refractivity contribution is -0.143. The van der Waals surface area contributed by atoms with Crippen LogP contribution in [0.5, 0.6) is 5.75 Å². The molecular weight excluding hydrogens is 252 g/mol. The molecule has 1 aliphatic heterocycles. The van der Waals surface area contributed by atoms with E-state index in [1.165, 1.54) is 25.5 Å². The highest BCUT2D eigenvalue weighted by Gasteiger charge is 2.26. The fourth-order valence-corrected chi connectivity index (χ4v) is 1.46. The van der Waals surface area contributed by atoms with E-state index in [1.807, 2.05) is 0 Å². The molecule has 1 aromatic heterocycles. The van der Waals surface area contributed by atoms with Crippen molar-refractivity contribution in [3.63, 3.8) is 0 Å². The molecule has 19 heavy (non-hydrogen) atoms. The first-order valence-corrected chi connectivity index (χ1v) is 5.60. The number of hydrogen-bond donors (Lipinski definition) is 0. The number of aromatic nitrogens is 1. The lowest BCUT2D eigenvalue weighted by atomic mass is 10.3. The fraction of sp³-hybridized carbons (Fsp3) is 0.250. The summed E-state index contributed by atoms with van der Waals surface area (Å²) in [6.45, 7) is 3.16. The van der Waals surface area contributed by atoms with Crippen molar-refractivity contribution < 1.29 is 23.9 Å². The zero-order chi connectivity index (χ0) is 13.8. The monoisotopic (exact) mass is 264 g/mol. The summed E-state index contributed by atoms with van der Waals surface area (Å²) in [6.07, 6.45) is 4.19. The van der Waals surface area contributed by atoms with Crippen LogP contribution in [0.4, 0.5) is 5.69 Å². The summed E-state index contributed by atoms with van der Waals surface area (Å²) in [5, 5.41) is 1.13. The smallest absolute Gasteiger partial charge is 0.375 e. The van der Waals surface area contributed by atoms with Crippen LogP contribution < -0.4 is 9.80 Å². The Morgan fingerprint density at radius 2 is 2.26 bits per heavy atom. The van der Waals surface area contributed by atoms with E-state index in [1.54, 1.807) is 13.0 Å². The van der Waals surface area contributed by atoms with Gasteiger partial charge in [0.15, 0.2) is 5.75 Å². The third-order valence-corrected chi connectivity index (χ3v) is 2.16. The zero-order valence-corrected chi connectivity index (χ0v) is 10.5. The highest BCUT2D eigenvalue weighted by Crippen LogP contribution is 2.33. The van der Waals surface area contributed by atoms with E-state index in [2.05, 4.69) is 4.98 Å². The molecule has 2 heterocycles. The average Bonchev–Trinajstić information content (AvgIpc) is 2.38. The van der Waals surface area contributed by atoms with Gasteiger partial charge in [0.1, 0.15) is 5.69 Å². The number of carbonyl (C=O) groups excluding carboxylic acids is 2. The van der Waals surface area contributed by atoms with E-state index in [0.29, 0.717) is 11.4 Å². The number of carbonyl (C=O) groups is 2. The Balaban J connectivity index is 2.32. The first-order valence-electron chi connectivity index (χ1n) is 5.60. The predicted octanol–water partition coefficient (Wildman–Crippen LogP) is 1.16. The second-order valence-electron chi connectivity index (χ2n) is 3.57. The van der Waals surface area contributed by atoms with E-state index >= 15 is 0 Å². The van der Waals surface area contributed by atoms with Crippen LogP contribution in [-0.4, -0.2) is 23.5 Å². The Labute approximate surface area is 109 Å². The molecule has 0 unspecified atom stereocenters. The third kappa shape index (κ3) is 2.82. The Hall–Kier alpha value is -2.57. The molecule has 1 aliphatic rings. The lowest BCUT2D eigenvalue weighted by Gasteiger charge is -2.25. The summed E-state index contributed by atoms with van der Waals surface area (Å²) in [7, 11) is 0. The highest BCUT2D eigenvalue weighted by molar-refractivity contribution is 5.88. The van der Waals surface area contributed by atoms with Gasteiger partial charge in [-0.3, -0.25) is 4.98 Å². The summed E-state index contributed by atoms with van der Waals surface area (Å²) in [5.41, 5.74) is 0.422. The summed E-state index contributed by atoms with van der Waals surface area (Å²) in [6, 6.07) is 1.55. The van der Waals surface area contributed by atoms with Crippen molar-refractivity contribution in [3.8, 4) is 5.75 Å². The van der Waals surface area contributed by atoms with Gasteiger partial charge in [-0.1, -0.05) is 0 Å². The van der Waals surface area contributed by atoms with Crippen LogP contribution in [0.3, 0.4) is 0 Å². The summed E-state index contributed by atoms with van der Waals surface area (Å²) < 4.78 is 10.2. The molecule has 0 radical (unpaired) electrons. The van der Waals surface area contributed by atoms with Crippen LogP contribution in [0.2, 0.25) is 0 Å². The van der Waals surface area contributed by atoms with Crippen LogP contribution in [0.15, 0.2) is 30.4 Å². The number of hydrogen-bond acceptors (Lipinski definition) is 7. The molecule has 100 valence electrons. The topological polar surface area (TPSA) is 78.0 Å². The quantitative estimate of drug-likeness (QED) is 0.758. The maximum absolute atomic E-state index is 11.6. The van der Waals surface area contributed by atoms with Crippen molar-refractivity contribution in [1.82, 2.24) is 4.98 Å². The molecular formula is C12H12N2O5. The van der Waals surface area contributed by atoms with E-state index in [-0.39, 0.29) is 12.4 Å². The minimum Gasteiger partial charge on any atom is -0.460 e. The Bertz CT molecular complexity index is 541. The Kier molecular flexibility index (Phi) is 3.65. The molecule has 0 aromatic carbocycles. The van der Waals surface area contributed by atoms with E-state index < -0.39 is 11.9 Å². The summed E-state index contributed by atoms with van der Waals surface area (Å²) in [5.74, 6) is -0.887. The molecule has 0 spiro atoms. The van der Waals surface area contributed by atoms with Crippen molar-refractivity contribution in [2.75, 3.05) is 11.7 Å². The molecule has 0 atom stereocenters. The van der Waals surface area contributed by atoms with E-state index in [4.69, 9.17) is 14.3 Å². The molecule has 0 bridgehead atoms. The number of ether oxygens (including phenoxy) is 2. The molecule has 1 aromatic rings. The second kappa shape index (κ2) is 5.38. The second-order valence-corrected chi connectivity index (χ2v) is 3.57. The Morgan fingerprint density at radius 3 is 2.95 bits per heavy atom. The minimum atomic E-state index is -0.637. The summed E-state index contributed by atoms with van der Waals surface area (Å²) in [4.78, 5) is 31.6. The Morgan fingerprint density at radius 1 is 1.47 bits per heavy atom. The largest absolute Gasteiger partial charge is 0.460 e. The predicted molar refractivity (Wildman–Crippen MR) is 63.8 cm³/mol. The van der Waals surface area contributed by atoms with Crippen LogP contribution in [-0.2, 0) is 19.2 Å². The number of esters is 1. The van der Waals surface area contributed by atoms with Gasteiger partial charge in [0.2, 0.25) is 5.76 Å². The molecule has 0 saturated carbocycles. The molecule has 0 N–H and O–H groups in total. The van der Waals surface area contributed by atoms with E-state index in [0.717, 1.165) is 5.06 Å². The average molecular weight is 264 g/mol. The van der Waals surface area contributed by atoms with Crippen molar-refractivity contribution in [3.05, 3.63) is 30.4 Å². The van der Waals surface area contributed by atoms with Gasteiger partial charge in [-0.2, -0.15) is 5.06 Å². The standard InChI is InChI=1S/C12H12N2O5/c1-3-17-12(16)11-7-14(19-8(2)15)9-6-13-5-4-10(9)18-11/h4-7H,3H2,1-2H3. The van der Waals surface area contributed by atoms with Gasteiger partial charge in [0.05, 0.1) is 19.0 Å². The number of hydroxylamine groups is 1. The maximum Gasteiger partial charge on any atom is 0.375 e. The molecule has 2 rings (SSSR count). The molecule has 0 fully saturated rings. The van der Waals surface area contributed by atoms with Gasteiger partial charge < -0.3 is 14.3 Å². The molecule has 0 saturated heterocycles. The lowest BCUT2D eigenvalue weighted by Crippen LogP contribution is -2.28. The maximum atomic E-state index is 11.6. The minimum absolute atomic E-state index is 0.0678. The number of nitrogens with zero attached hydrogens (tertiary/aromatic N) is 2. The van der Waals surface area contributed by atoms with Crippen molar-refractivity contribution in [1.29, 1.82) is 0 Å². The zero-order valence-electron chi connectivity index (χ0n) is 10.5. The first-order chi connectivity index (χ1) is 9.11. The molecule has 7 heteroatoms. The highest BCUT2D eigenvalue weighted by atomic mass is 16.7. The number of fused-ring (bicyclic) bond motifs is 1. The number of rotatable bonds is 3. The van der Waals surface area contributed by atoms with Gasteiger partial charge in [-0.25, -0.2) is 9.59 Å². The molecule has 0 aliphatic carbocycles. The number of pyridine rings is 1. The van der Waals surface area contributed by atoms with Gasteiger partial charge in [0.25, 0.3) is 0 Å². The van der Waals surface area contributed by atoms with Crippen molar-refractivity contribution in [2.24, 2.45) is 0 Å². The fourth-order valence-electron chi connectivity index (χ4n) is 1.46.